The first-order chi connectivity index (χ1) is 6.57. The van der Waals surface area contributed by atoms with Crippen LogP contribution in [-0.4, -0.2) is 31.2 Å². The Hall–Kier alpha value is -1.13. The molecule has 0 aliphatic rings. The van der Waals surface area contributed by atoms with Crippen LogP contribution in [0.3, 0.4) is 0 Å². The summed E-state index contributed by atoms with van der Waals surface area (Å²) in [4.78, 5) is 10.2. The Kier molecular flexibility index (Phi) is 6.70. The first-order valence-corrected chi connectivity index (χ1v) is 6.97. The number of carboxylic acid groups (broad SMARTS) is 1. The van der Waals surface area contributed by atoms with E-state index in [2.05, 4.69) is 13.1 Å². The molecule has 0 amide bonds. The van der Waals surface area contributed by atoms with Gasteiger partial charge in [0.1, 0.15) is 0 Å². The fourth-order valence-corrected chi connectivity index (χ4v) is 0.581. The van der Waals surface area contributed by atoms with Crippen LogP contribution in [0.2, 0.25) is 13.1 Å². The molecule has 0 aliphatic carbocycles. The summed E-state index contributed by atoms with van der Waals surface area (Å²) in [7, 11) is -0.318. The maximum Gasteiger partial charge on any atom is 0.335 e. The predicted octanol–water partition coefficient (Wildman–Crippen LogP) is 1.66. The zero-order valence-corrected chi connectivity index (χ0v) is 9.40. The monoisotopic (exact) mass is 211 g/mol. The lowest BCUT2D eigenvalue weighted by Crippen LogP contribution is -2.05. The van der Waals surface area contributed by atoms with Gasteiger partial charge < -0.3 is 10.2 Å². The quantitative estimate of drug-likeness (QED) is 0.731. The lowest BCUT2D eigenvalue weighted by atomic mass is 10.2. The van der Waals surface area contributed by atoms with E-state index in [4.69, 9.17) is 10.2 Å². The summed E-state index contributed by atoms with van der Waals surface area (Å²) in [5.74, 6) is -0.879. The van der Waals surface area contributed by atoms with Gasteiger partial charge in [-0.2, -0.15) is 0 Å². The Morgan fingerprint density at radius 2 is 1.71 bits per heavy atom. The zero-order valence-electron chi connectivity index (χ0n) is 8.40. The van der Waals surface area contributed by atoms with E-state index < -0.39 is 5.97 Å². The third-order valence-electron chi connectivity index (χ3n) is 1.34. The second-order valence-corrected chi connectivity index (χ2v) is 5.77. The third kappa shape index (κ3) is 6.39. The number of carbonyl (C=O) groups is 1. The van der Waals surface area contributed by atoms with Crippen LogP contribution < -0.4 is 0 Å². The smallest absolute Gasteiger partial charge is 0.335 e. The lowest BCUT2D eigenvalue weighted by Gasteiger charge is -1.88. The second kappa shape index (κ2) is 7.29. The number of hydrogen-bond donors (Lipinski definition) is 2. The summed E-state index contributed by atoms with van der Waals surface area (Å²) in [5, 5.41) is 16.6. The number of aromatic carboxylic acids is 1. The molecule has 0 fully saturated rings. The molecule has 2 N–H and O–H groups in total. The predicted molar refractivity (Wildman–Crippen MR) is 58.0 cm³/mol. The molecule has 0 saturated carbocycles. The van der Waals surface area contributed by atoms with Gasteiger partial charge in [0.25, 0.3) is 0 Å². The van der Waals surface area contributed by atoms with Crippen LogP contribution >= 0.6 is 0 Å². The van der Waals surface area contributed by atoms with E-state index >= 15 is 0 Å². The Morgan fingerprint density at radius 3 is 1.93 bits per heavy atom. The molecule has 0 aliphatic heterocycles. The number of benzene rings is 1. The molecular formula is C10H15O3Si. The number of rotatable bonds is 2. The summed E-state index contributed by atoms with van der Waals surface area (Å²) in [5.41, 5.74) is 0.331. The average Bonchev–Trinajstić information content (AvgIpc) is 2.20. The molecule has 0 bridgehead atoms. The maximum atomic E-state index is 10.2. The summed E-state index contributed by atoms with van der Waals surface area (Å²) in [6.07, 6.45) is 0.407. The van der Waals surface area contributed by atoms with Crippen molar-refractivity contribution in [2.24, 2.45) is 0 Å². The highest BCUT2D eigenvalue weighted by Crippen LogP contribution is 1.96. The van der Waals surface area contributed by atoms with Crippen molar-refractivity contribution in [3.05, 3.63) is 35.9 Å². The molecule has 0 spiro atoms. The topological polar surface area (TPSA) is 57.5 Å². The number of hydrogen-bond acceptors (Lipinski definition) is 2. The van der Waals surface area contributed by atoms with Gasteiger partial charge in [-0.1, -0.05) is 31.3 Å². The van der Waals surface area contributed by atoms with E-state index in [1.807, 2.05) is 0 Å². The lowest BCUT2D eigenvalue weighted by molar-refractivity contribution is 0.0697. The molecule has 1 rings (SSSR count). The van der Waals surface area contributed by atoms with Crippen molar-refractivity contribution < 1.29 is 15.0 Å². The Labute approximate surface area is 85.6 Å². The van der Waals surface area contributed by atoms with Crippen molar-refractivity contribution in [1.82, 2.24) is 0 Å². The first kappa shape index (κ1) is 12.9. The minimum Gasteiger partial charge on any atom is -0.478 e. The SMILES string of the molecule is C[Si](C)CO.O=C(O)c1ccccc1. The van der Waals surface area contributed by atoms with Crippen molar-refractivity contribution in [3.8, 4) is 0 Å². The Balaban J connectivity index is 0.000000292. The molecule has 0 aromatic heterocycles. The fraction of sp³-hybridized carbons (Fsp3) is 0.300. The van der Waals surface area contributed by atoms with Crippen LogP contribution in [0.5, 0.6) is 0 Å². The summed E-state index contributed by atoms with van der Waals surface area (Å²) in [6, 6.07) is 8.30. The summed E-state index contributed by atoms with van der Waals surface area (Å²) < 4.78 is 0. The Morgan fingerprint density at radius 1 is 1.29 bits per heavy atom. The van der Waals surface area contributed by atoms with Crippen LogP contribution in [0.1, 0.15) is 10.4 Å². The minimum atomic E-state index is -0.879. The molecule has 0 unspecified atom stereocenters. The number of carboxylic acids is 1. The van der Waals surface area contributed by atoms with Gasteiger partial charge in [-0.25, -0.2) is 4.79 Å². The molecule has 1 aromatic carbocycles. The molecule has 77 valence electrons. The summed E-state index contributed by atoms with van der Waals surface area (Å²) in [6.45, 7) is 4.15. The molecule has 0 heterocycles. The maximum absolute atomic E-state index is 10.2. The molecule has 1 aromatic rings. The van der Waals surface area contributed by atoms with Gasteiger partial charge in [-0.15, -0.1) is 0 Å². The van der Waals surface area contributed by atoms with Crippen LogP contribution in [0, 0.1) is 0 Å². The van der Waals surface area contributed by atoms with Crippen molar-refractivity contribution in [1.29, 1.82) is 0 Å². The van der Waals surface area contributed by atoms with E-state index in [1.165, 1.54) is 0 Å². The molecule has 14 heavy (non-hydrogen) atoms. The first-order valence-electron chi connectivity index (χ1n) is 4.26. The standard InChI is InChI=1S/C7H6O2.C3H9OSi/c8-7(9)6-4-2-1-3-5-6;1-5(2)3-4/h1-5H,(H,8,9);4H,3H2,1-2H3. The normalized spacial score (nSPS) is 9.14. The molecule has 4 heteroatoms. The largest absolute Gasteiger partial charge is 0.478 e. The van der Waals surface area contributed by atoms with Gasteiger partial charge in [0.2, 0.25) is 0 Å². The van der Waals surface area contributed by atoms with Crippen molar-refractivity contribution in [2.45, 2.75) is 13.1 Å². The van der Waals surface area contributed by atoms with E-state index in [0.29, 0.717) is 11.8 Å². The highest BCUT2D eigenvalue weighted by Gasteiger charge is 1.96. The molecule has 3 nitrogen and oxygen atoms in total. The van der Waals surface area contributed by atoms with Crippen LogP contribution in [0.4, 0.5) is 0 Å². The second-order valence-electron chi connectivity index (χ2n) is 3.04. The van der Waals surface area contributed by atoms with Gasteiger partial charge in [-0.3, -0.25) is 0 Å². The average molecular weight is 211 g/mol. The Bertz CT molecular complexity index is 259. The van der Waals surface area contributed by atoms with Crippen LogP contribution in [0.15, 0.2) is 30.3 Å². The molecule has 0 saturated heterocycles. The van der Waals surface area contributed by atoms with Gasteiger partial charge in [-0.05, 0) is 12.1 Å². The summed E-state index contributed by atoms with van der Waals surface area (Å²) >= 11 is 0. The van der Waals surface area contributed by atoms with E-state index in [-0.39, 0.29) is 8.80 Å². The van der Waals surface area contributed by atoms with E-state index in [0.717, 1.165) is 0 Å². The zero-order chi connectivity index (χ0) is 11.0. The van der Waals surface area contributed by atoms with Crippen molar-refractivity contribution in [3.63, 3.8) is 0 Å². The van der Waals surface area contributed by atoms with Crippen LogP contribution in [0.25, 0.3) is 0 Å². The van der Waals surface area contributed by atoms with Gasteiger partial charge in [0.05, 0.1) is 14.4 Å². The van der Waals surface area contributed by atoms with Gasteiger partial charge >= 0.3 is 5.97 Å². The fourth-order valence-electron chi connectivity index (χ4n) is 0.581. The highest BCUT2D eigenvalue weighted by atomic mass is 28.3. The van der Waals surface area contributed by atoms with Gasteiger partial charge in [0, 0.05) is 6.23 Å². The van der Waals surface area contributed by atoms with Crippen molar-refractivity contribution in [2.75, 3.05) is 6.23 Å². The van der Waals surface area contributed by atoms with Crippen LogP contribution in [-0.2, 0) is 0 Å². The number of aliphatic hydroxyl groups is 1. The van der Waals surface area contributed by atoms with Crippen molar-refractivity contribution >= 4 is 14.8 Å². The third-order valence-corrected chi connectivity index (χ3v) is 1.97. The molecule has 1 radical (unpaired) electrons. The highest BCUT2D eigenvalue weighted by molar-refractivity contribution is 6.55. The minimum absolute atomic E-state index is 0.318. The van der Waals surface area contributed by atoms with E-state index in [9.17, 15) is 4.79 Å². The molecular weight excluding hydrogens is 196 g/mol. The molecule has 0 atom stereocenters. The van der Waals surface area contributed by atoms with Gasteiger partial charge in [0.15, 0.2) is 0 Å². The number of aliphatic hydroxyl groups excluding tert-OH is 1. The van der Waals surface area contributed by atoms with E-state index in [1.54, 1.807) is 30.3 Å².